The van der Waals surface area contributed by atoms with Gasteiger partial charge in [-0.1, -0.05) is 19.3 Å². The van der Waals surface area contributed by atoms with Crippen LogP contribution in [-0.4, -0.2) is 15.5 Å². The molecule has 5 saturated carbocycles. The molecule has 1 aromatic heterocycles. The van der Waals surface area contributed by atoms with E-state index in [0.29, 0.717) is 11.5 Å². The van der Waals surface area contributed by atoms with E-state index in [1.54, 1.807) is 0 Å². The van der Waals surface area contributed by atoms with E-state index in [0.717, 1.165) is 30.1 Å². The summed E-state index contributed by atoms with van der Waals surface area (Å²) < 4.78 is 0. The predicted octanol–water partition coefficient (Wildman–Crippen LogP) is 4.58. The molecule has 0 amide bonds. The number of nitrogens with one attached hydrogen (secondary N) is 1. The minimum atomic E-state index is 0.441. The molecule has 0 spiro atoms. The number of aromatic nitrogens is 2. The zero-order valence-electron chi connectivity index (χ0n) is 14.8. The van der Waals surface area contributed by atoms with Gasteiger partial charge in [-0.25, -0.2) is 9.97 Å². The summed E-state index contributed by atoms with van der Waals surface area (Å²) in [5.74, 6) is 4.73. The maximum atomic E-state index is 4.72. The molecule has 130 valence electrons. The Morgan fingerprint density at radius 1 is 0.875 bits per heavy atom. The second kappa shape index (κ2) is 6.09. The zero-order chi connectivity index (χ0) is 16.0. The Morgan fingerprint density at radius 2 is 1.46 bits per heavy atom. The Labute approximate surface area is 146 Å². The molecule has 1 aromatic rings. The van der Waals surface area contributed by atoms with Gasteiger partial charge in [-0.2, -0.15) is 0 Å². The van der Waals surface area contributed by atoms with E-state index in [-0.39, 0.29) is 0 Å². The van der Waals surface area contributed by atoms with E-state index in [9.17, 15) is 0 Å². The summed E-state index contributed by atoms with van der Waals surface area (Å²) in [5.41, 5.74) is 1.71. The average molecular weight is 326 g/mol. The van der Waals surface area contributed by atoms with E-state index >= 15 is 0 Å². The van der Waals surface area contributed by atoms with Crippen molar-refractivity contribution in [3.05, 3.63) is 23.8 Å². The van der Waals surface area contributed by atoms with Gasteiger partial charge in [0.05, 0.1) is 0 Å². The first-order chi connectivity index (χ1) is 11.8. The van der Waals surface area contributed by atoms with Crippen LogP contribution in [0.5, 0.6) is 0 Å². The van der Waals surface area contributed by atoms with Crippen molar-refractivity contribution in [1.29, 1.82) is 0 Å². The van der Waals surface area contributed by atoms with Gasteiger partial charge < -0.3 is 5.32 Å². The van der Waals surface area contributed by atoms with Crippen molar-refractivity contribution in [2.75, 3.05) is 0 Å². The van der Waals surface area contributed by atoms with E-state index in [2.05, 4.69) is 17.7 Å². The Bertz CT molecular complexity index is 538. The maximum Gasteiger partial charge on any atom is 0.131 e. The molecule has 1 heterocycles. The van der Waals surface area contributed by atoms with E-state index in [4.69, 9.17) is 9.97 Å². The normalized spacial score (nSPS) is 38.6. The van der Waals surface area contributed by atoms with E-state index in [1.165, 1.54) is 76.2 Å². The van der Waals surface area contributed by atoms with Gasteiger partial charge in [0.1, 0.15) is 5.82 Å². The third-order valence-corrected chi connectivity index (χ3v) is 7.40. The van der Waals surface area contributed by atoms with Crippen molar-refractivity contribution in [2.45, 2.75) is 88.6 Å². The van der Waals surface area contributed by atoms with Gasteiger partial charge in [-0.15, -0.1) is 0 Å². The first-order valence-corrected chi connectivity index (χ1v) is 10.3. The van der Waals surface area contributed by atoms with Crippen LogP contribution in [0.3, 0.4) is 0 Å². The van der Waals surface area contributed by atoms with Crippen molar-refractivity contribution in [2.24, 2.45) is 17.8 Å². The van der Waals surface area contributed by atoms with Crippen LogP contribution in [-0.2, 0) is 6.54 Å². The van der Waals surface area contributed by atoms with Crippen LogP contribution in [0.1, 0.15) is 87.9 Å². The molecule has 0 radical (unpaired) electrons. The van der Waals surface area contributed by atoms with Gasteiger partial charge in [-0.05, 0) is 69.1 Å². The van der Waals surface area contributed by atoms with Crippen molar-refractivity contribution >= 4 is 0 Å². The SMILES string of the molecule is c1nc(C2CCCCC2)ncc1CNC12CC3CC(CC(C3)C1)C2. The monoisotopic (exact) mass is 325 g/mol. The Kier molecular flexibility index (Phi) is 3.88. The third kappa shape index (κ3) is 2.89. The van der Waals surface area contributed by atoms with Crippen LogP contribution in [0.15, 0.2) is 12.4 Å². The summed E-state index contributed by atoms with van der Waals surface area (Å²) in [4.78, 5) is 9.43. The van der Waals surface area contributed by atoms with Crippen LogP contribution in [0, 0.1) is 17.8 Å². The fourth-order valence-corrected chi connectivity index (χ4v) is 6.64. The predicted molar refractivity (Wildman–Crippen MR) is 95.6 cm³/mol. The summed E-state index contributed by atoms with van der Waals surface area (Å²) in [7, 11) is 0. The van der Waals surface area contributed by atoms with Crippen molar-refractivity contribution in [1.82, 2.24) is 15.3 Å². The lowest BCUT2D eigenvalue weighted by atomic mass is 9.53. The molecule has 5 aliphatic rings. The molecule has 0 saturated heterocycles. The summed E-state index contributed by atoms with van der Waals surface area (Å²) in [6, 6.07) is 0. The largest absolute Gasteiger partial charge is 0.307 e. The number of nitrogens with zero attached hydrogens (tertiary/aromatic N) is 2. The van der Waals surface area contributed by atoms with Crippen molar-refractivity contribution in [3.63, 3.8) is 0 Å². The molecular formula is C21H31N3. The molecular weight excluding hydrogens is 294 g/mol. The van der Waals surface area contributed by atoms with Crippen LogP contribution in [0.2, 0.25) is 0 Å². The molecule has 3 nitrogen and oxygen atoms in total. The average Bonchev–Trinajstić information content (AvgIpc) is 2.60. The highest BCUT2D eigenvalue weighted by Gasteiger charge is 2.50. The molecule has 3 heteroatoms. The fraction of sp³-hybridized carbons (Fsp3) is 0.810. The van der Waals surface area contributed by atoms with Crippen LogP contribution in [0.4, 0.5) is 0 Å². The van der Waals surface area contributed by atoms with Crippen molar-refractivity contribution < 1.29 is 0 Å². The van der Waals surface area contributed by atoms with Gasteiger partial charge in [0, 0.05) is 36.0 Å². The Balaban J connectivity index is 1.22. The second-order valence-corrected chi connectivity index (χ2v) is 9.34. The van der Waals surface area contributed by atoms with Gasteiger partial charge in [-0.3, -0.25) is 0 Å². The second-order valence-electron chi connectivity index (χ2n) is 9.34. The number of hydrogen-bond acceptors (Lipinski definition) is 3. The summed E-state index contributed by atoms with van der Waals surface area (Å²) >= 11 is 0. The highest BCUT2D eigenvalue weighted by molar-refractivity contribution is 5.11. The first-order valence-electron chi connectivity index (χ1n) is 10.3. The summed E-state index contributed by atoms with van der Waals surface area (Å²) in [6.45, 7) is 0.955. The lowest BCUT2D eigenvalue weighted by Gasteiger charge is -2.57. The molecule has 0 aliphatic heterocycles. The molecule has 0 aromatic carbocycles. The van der Waals surface area contributed by atoms with Gasteiger partial charge >= 0.3 is 0 Å². The highest BCUT2D eigenvalue weighted by atomic mass is 15.0. The molecule has 1 N–H and O–H groups in total. The molecule has 24 heavy (non-hydrogen) atoms. The lowest BCUT2D eigenvalue weighted by molar-refractivity contribution is -0.0206. The number of rotatable bonds is 4. The third-order valence-electron chi connectivity index (χ3n) is 7.40. The number of hydrogen-bond donors (Lipinski definition) is 1. The van der Waals surface area contributed by atoms with Crippen LogP contribution in [0.25, 0.3) is 0 Å². The smallest absolute Gasteiger partial charge is 0.131 e. The Hall–Kier alpha value is -0.960. The molecule has 6 rings (SSSR count). The molecule has 0 unspecified atom stereocenters. The van der Waals surface area contributed by atoms with E-state index in [1.807, 2.05) is 0 Å². The standard InChI is InChI=1S/C21H31N3/c1-2-4-19(5-3-1)20-22-12-18(13-23-20)14-24-21-9-15-6-16(10-21)8-17(7-15)11-21/h12-13,15-17,19,24H,1-11,14H2. The fourth-order valence-electron chi connectivity index (χ4n) is 6.64. The summed E-state index contributed by atoms with van der Waals surface area (Å²) in [5, 5.41) is 3.96. The van der Waals surface area contributed by atoms with Gasteiger partial charge in [0.15, 0.2) is 0 Å². The molecule has 5 aliphatic carbocycles. The Morgan fingerprint density at radius 3 is 2.04 bits per heavy atom. The van der Waals surface area contributed by atoms with Crippen LogP contribution < -0.4 is 5.32 Å². The molecule has 4 bridgehead atoms. The minimum Gasteiger partial charge on any atom is -0.307 e. The topological polar surface area (TPSA) is 37.8 Å². The van der Waals surface area contributed by atoms with Gasteiger partial charge in [0.2, 0.25) is 0 Å². The first kappa shape index (κ1) is 15.3. The van der Waals surface area contributed by atoms with Crippen LogP contribution >= 0.6 is 0 Å². The minimum absolute atomic E-state index is 0.441. The molecule has 0 atom stereocenters. The van der Waals surface area contributed by atoms with Crippen molar-refractivity contribution in [3.8, 4) is 0 Å². The molecule has 5 fully saturated rings. The van der Waals surface area contributed by atoms with E-state index < -0.39 is 0 Å². The zero-order valence-corrected chi connectivity index (χ0v) is 14.8. The van der Waals surface area contributed by atoms with Gasteiger partial charge in [0.25, 0.3) is 0 Å². The maximum absolute atomic E-state index is 4.72. The highest BCUT2D eigenvalue weighted by Crippen LogP contribution is 2.55. The quantitative estimate of drug-likeness (QED) is 0.880. The summed E-state index contributed by atoms with van der Waals surface area (Å²) in [6.07, 6.45) is 19.6. The lowest BCUT2D eigenvalue weighted by Crippen LogP contribution is -2.58.